The Morgan fingerprint density at radius 2 is 1.85 bits per heavy atom. The Labute approximate surface area is 193 Å². The summed E-state index contributed by atoms with van der Waals surface area (Å²) in [5, 5.41) is 2.62. The highest BCUT2D eigenvalue weighted by Gasteiger charge is 2.33. The van der Waals surface area contributed by atoms with Crippen molar-refractivity contribution in [3.05, 3.63) is 77.4 Å². The van der Waals surface area contributed by atoms with E-state index in [1.807, 2.05) is 4.72 Å². The molecule has 12 heteroatoms. The number of nitrogens with one attached hydrogen (secondary N) is 2. The van der Waals surface area contributed by atoms with E-state index in [0.29, 0.717) is 5.56 Å². The van der Waals surface area contributed by atoms with E-state index < -0.39 is 39.5 Å². The van der Waals surface area contributed by atoms with Crippen LogP contribution in [0.3, 0.4) is 0 Å². The number of hydrogen-bond acceptors (Lipinski definition) is 5. The van der Waals surface area contributed by atoms with E-state index in [0.717, 1.165) is 18.4 Å². The number of sulfonamides is 1. The van der Waals surface area contributed by atoms with E-state index in [2.05, 4.69) is 15.3 Å². The SMILES string of the molecule is CC(C(=O)NCc1ccc(C(F)(F)F)nc1-c1ccccn1)c1ccc(NS(C)(=O)=O)c(F)c1. The molecule has 3 rings (SSSR count). The lowest BCUT2D eigenvalue weighted by molar-refractivity contribution is -0.141. The molecule has 180 valence electrons. The van der Waals surface area contributed by atoms with Gasteiger partial charge < -0.3 is 5.32 Å². The molecule has 2 heterocycles. The summed E-state index contributed by atoms with van der Waals surface area (Å²) >= 11 is 0. The van der Waals surface area contributed by atoms with Crippen molar-refractivity contribution in [1.29, 1.82) is 0 Å². The maximum atomic E-state index is 14.3. The predicted molar refractivity (Wildman–Crippen MR) is 118 cm³/mol. The normalized spacial score (nSPS) is 12.8. The van der Waals surface area contributed by atoms with Gasteiger partial charge in [-0.3, -0.25) is 14.5 Å². The van der Waals surface area contributed by atoms with Crippen molar-refractivity contribution >= 4 is 21.6 Å². The van der Waals surface area contributed by atoms with Gasteiger partial charge in [-0.2, -0.15) is 13.2 Å². The smallest absolute Gasteiger partial charge is 0.351 e. The molecule has 0 saturated heterocycles. The summed E-state index contributed by atoms with van der Waals surface area (Å²) in [7, 11) is -3.68. The molecule has 3 aromatic rings. The summed E-state index contributed by atoms with van der Waals surface area (Å²) in [6.07, 6.45) is -2.35. The van der Waals surface area contributed by atoms with Gasteiger partial charge >= 0.3 is 6.18 Å². The van der Waals surface area contributed by atoms with Crippen LogP contribution in [0.15, 0.2) is 54.7 Å². The number of anilines is 1. The molecule has 0 radical (unpaired) electrons. The van der Waals surface area contributed by atoms with Gasteiger partial charge in [0.1, 0.15) is 11.5 Å². The first kappa shape index (κ1) is 25.1. The largest absolute Gasteiger partial charge is 0.433 e. The third kappa shape index (κ3) is 6.28. The molecule has 0 spiro atoms. The first-order chi connectivity index (χ1) is 15.8. The number of pyridine rings is 2. The van der Waals surface area contributed by atoms with Crippen molar-refractivity contribution < 1.29 is 30.8 Å². The molecular weight excluding hydrogens is 476 g/mol. The summed E-state index contributed by atoms with van der Waals surface area (Å²) in [4.78, 5) is 20.4. The van der Waals surface area contributed by atoms with Crippen molar-refractivity contribution in [1.82, 2.24) is 15.3 Å². The van der Waals surface area contributed by atoms with Gasteiger partial charge in [-0.05, 0) is 48.4 Å². The maximum absolute atomic E-state index is 14.3. The number of benzene rings is 1. The van der Waals surface area contributed by atoms with Crippen molar-refractivity contribution in [3.63, 3.8) is 0 Å². The Morgan fingerprint density at radius 1 is 1.12 bits per heavy atom. The van der Waals surface area contributed by atoms with E-state index in [4.69, 9.17) is 0 Å². The second-order valence-electron chi connectivity index (χ2n) is 7.47. The first-order valence-electron chi connectivity index (χ1n) is 9.88. The average molecular weight is 496 g/mol. The molecule has 34 heavy (non-hydrogen) atoms. The van der Waals surface area contributed by atoms with Crippen LogP contribution < -0.4 is 10.0 Å². The number of carbonyl (C=O) groups is 1. The highest BCUT2D eigenvalue weighted by Crippen LogP contribution is 2.31. The Bertz CT molecular complexity index is 1300. The lowest BCUT2D eigenvalue weighted by Crippen LogP contribution is -2.28. The Kier molecular flexibility index (Phi) is 7.20. The fraction of sp³-hybridized carbons (Fsp3) is 0.227. The van der Waals surface area contributed by atoms with E-state index in [1.54, 1.807) is 12.1 Å². The number of halogens is 4. The zero-order valence-electron chi connectivity index (χ0n) is 18.0. The molecule has 0 saturated carbocycles. The second kappa shape index (κ2) is 9.75. The van der Waals surface area contributed by atoms with E-state index >= 15 is 0 Å². The van der Waals surface area contributed by atoms with Gasteiger partial charge in [-0.1, -0.05) is 18.2 Å². The van der Waals surface area contributed by atoms with Gasteiger partial charge in [0.25, 0.3) is 0 Å². The summed E-state index contributed by atoms with van der Waals surface area (Å²) < 4.78 is 78.3. The number of alkyl halides is 3. The average Bonchev–Trinajstić information content (AvgIpc) is 2.77. The van der Waals surface area contributed by atoms with E-state index in [1.165, 1.54) is 37.4 Å². The topological polar surface area (TPSA) is 101 Å². The van der Waals surface area contributed by atoms with Crippen LogP contribution in [0.1, 0.15) is 29.7 Å². The fourth-order valence-electron chi connectivity index (χ4n) is 3.08. The highest BCUT2D eigenvalue weighted by atomic mass is 32.2. The zero-order valence-corrected chi connectivity index (χ0v) is 18.8. The number of rotatable bonds is 7. The molecule has 1 amide bonds. The first-order valence-corrected chi connectivity index (χ1v) is 11.8. The fourth-order valence-corrected chi connectivity index (χ4v) is 3.65. The maximum Gasteiger partial charge on any atom is 0.433 e. The van der Waals surface area contributed by atoms with Gasteiger partial charge in [0.2, 0.25) is 15.9 Å². The molecule has 0 bridgehead atoms. The van der Waals surface area contributed by atoms with Gasteiger partial charge in [-0.25, -0.2) is 17.8 Å². The van der Waals surface area contributed by atoms with Gasteiger partial charge in [0.15, 0.2) is 0 Å². The second-order valence-corrected chi connectivity index (χ2v) is 9.22. The number of carbonyl (C=O) groups excluding carboxylic acids is 1. The minimum absolute atomic E-state index is 0.0226. The monoisotopic (exact) mass is 496 g/mol. The molecular formula is C22H20F4N4O3S. The number of nitrogens with zero attached hydrogens (tertiary/aromatic N) is 2. The summed E-state index contributed by atoms with van der Waals surface area (Å²) in [6.45, 7) is 1.37. The third-order valence-electron chi connectivity index (χ3n) is 4.81. The number of aromatic nitrogens is 2. The number of hydrogen-bond donors (Lipinski definition) is 2. The predicted octanol–water partition coefficient (Wildman–Crippen LogP) is 4.09. The lowest BCUT2D eigenvalue weighted by atomic mass is 9.99. The minimum atomic E-state index is -4.65. The van der Waals surface area contributed by atoms with Gasteiger partial charge in [-0.15, -0.1) is 0 Å². The molecule has 1 unspecified atom stereocenters. The molecule has 0 aliphatic heterocycles. The Morgan fingerprint density at radius 3 is 2.44 bits per heavy atom. The van der Waals surface area contributed by atoms with Crippen LogP contribution in [-0.2, 0) is 27.5 Å². The summed E-state index contributed by atoms with van der Waals surface area (Å²) in [6, 6.07) is 10.4. The third-order valence-corrected chi connectivity index (χ3v) is 5.40. The Hall–Kier alpha value is -3.54. The van der Waals surface area contributed by atoms with Gasteiger partial charge in [0.05, 0.1) is 29.2 Å². The summed E-state index contributed by atoms with van der Waals surface area (Å²) in [5.41, 5.74) is -0.562. The standard InChI is InChI=1S/C22H20F4N4O3S/c1-13(14-6-8-17(16(23)11-14)30-34(2,32)33)21(31)28-12-15-7-9-19(22(24,25)26)29-20(15)18-5-3-4-10-27-18/h3-11,13,30H,12H2,1-2H3,(H,28,31). The van der Waals surface area contributed by atoms with Crippen LogP contribution in [0.25, 0.3) is 11.4 Å². The zero-order chi connectivity index (χ0) is 25.1. The van der Waals surface area contributed by atoms with Crippen molar-refractivity contribution in [2.45, 2.75) is 25.6 Å². The van der Waals surface area contributed by atoms with Crippen molar-refractivity contribution in [2.75, 3.05) is 11.0 Å². The van der Waals surface area contributed by atoms with E-state index in [-0.39, 0.29) is 29.2 Å². The quantitative estimate of drug-likeness (QED) is 0.480. The highest BCUT2D eigenvalue weighted by molar-refractivity contribution is 7.92. The molecule has 1 aromatic carbocycles. The minimum Gasteiger partial charge on any atom is -0.351 e. The van der Waals surface area contributed by atoms with Crippen molar-refractivity contribution in [3.8, 4) is 11.4 Å². The van der Waals surface area contributed by atoms with Crippen LogP contribution in [-0.4, -0.2) is 30.5 Å². The van der Waals surface area contributed by atoms with Gasteiger partial charge in [0, 0.05) is 12.7 Å². The lowest BCUT2D eigenvalue weighted by Gasteiger charge is -2.16. The summed E-state index contributed by atoms with van der Waals surface area (Å²) in [5.74, 6) is -2.20. The molecule has 2 aromatic heterocycles. The van der Waals surface area contributed by atoms with Crippen LogP contribution in [0.2, 0.25) is 0 Å². The van der Waals surface area contributed by atoms with Crippen LogP contribution in [0.5, 0.6) is 0 Å². The molecule has 2 N–H and O–H groups in total. The Balaban J connectivity index is 1.80. The number of amides is 1. The van der Waals surface area contributed by atoms with E-state index in [9.17, 15) is 30.8 Å². The molecule has 0 aliphatic rings. The molecule has 7 nitrogen and oxygen atoms in total. The molecule has 0 aliphatic carbocycles. The van der Waals surface area contributed by atoms with Crippen LogP contribution in [0.4, 0.5) is 23.2 Å². The van der Waals surface area contributed by atoms with Crippen LogP contribution in [0, 0.1) is 5.82 Å². The molecule has 1 atom stereocenters. The van der Waals surface area contributed by atoms with Crippen LogP contribution >= 0.6 is 0 Å². The molecule has 0 fully saturated rings. The van der Waals surface area contributed by atoms with Crippen molar-refractivity contribution in [2.24, 2.45) is 0 Å².